The maximum Gasteiger partial charge on any atom is 0.408 e. The van der Waals surface area contributed by atoms with Gasteiger partial charge >= 0.3 is 12.1 Å². The Morgan fingerprint density at radius 3 is 2.66 bits per heavy atom. The highest BCUT2D eigenvalue weighted by molar-refractivity contribution is 5.91. The standard InChI is InChI=1S/C30H36N4O7/c1-30(2,3)25-27(35)34-16-19(15-23(34)28(36)39-5)40-26-21(31-20-12-11-18(38-4)14-22(20)32-26)10-8-6-7-9-17-13-24(17)41-29(37)33-25/h11-12,14,17,19,23-25H,6-7,9,13,15-16H2,1-5H3,(H,33,37)/t17?,19-,23+,24-,25-/m1/s1. The Morgan fingerprint density at radius 2 is 1.93 bits per heavy atom. The summed E-state index contributed by atoms with van der Waals surface area (Å²) < 4.78 is 22.3. The first-order chi connectivity index (χ1) is 19.6. The number of carbonyl (C=O) groups excluding carboxylic acids is 3. The molecule has 1 saturated carbocycles. The molecule has 218 valence electrons. The summed E-state index contributed by atoms with van der Waals surface area (Å²) >= 11 is 0. The second-order valence-corrected chi connectivity index (χ2v) is 11.8. The Morgan fingerprint density at radius 1 is 1.12 bits per heavy atom. The fourth-order valence-corrected chi connectivity index (χ4v) is 5.32. The van der Waals surface area contributed by atoms with Crippen LogP contribution in [-0.2, 0) is 19.1 Å². The number of rotatable bonds is 2. The van der Waals surface area contributed by atoms with Gasteiger partial charge in [-0.15, -0.1) is 0 Å². The van der Waals surface area contributed by atoms with E-state index in [-0.39, 0.29) is 30.9 Å². The van der Waals surface area contributed by atoms with Crippen molar-refractivity contribution in [1.82, 2.24) is 20.2 Å². The van der Waals surface area contributed by atoms with E-state index in [1.807, 2.05) is 26.8 Å². The van der Waals surface area contributed by atoms with E-state index in [1.54, 1.807) is 19.2 Å². The summed E-state index contributed by atoms with van der Waals surface area (Å²) in [6.45, 7) is 5.63. The van der Waals surface area contributed by atoms with Crippen molar-refractivity contribution in [1.29, 1.82) is 0 Å². The highest BCUT2D eigenvalue weighted by Gasteiger charge is 2.47. The molecule has 11 nitrogen and oxygen atoms in total. The van der Waals surface area contributed by atoms with Crippen LogP contribution in [0.3, 0.4) is 0 Å². The highest BCUT2D eigenvalue weighted by Crippen LogP contribution is 2.38. The summed E-state index contributed by atoms with van der Waals surface area (Å²) in [6, 6.07) is 3.53. The van der Waals surface area contributed by atoms with Gasteiger partial charge in [0.15, 0.2) is 5.69 Å². The number of aromatic nitrogens is 2. The van der Waals surface area contributed by atoms with E-state index in [9.17, 15) is 14.4 Å². The Hall–Kier alpha value is -4.07. The van der Waals surface area contributed by atoms with E-state index in [4.69, 9.17) is 28.9 Å². The number of benzene rings is 1. The normalized spacial score (nSPS) is 26.6. The van der Waals surface area contributed by atoms with Crippen molar-refractivity contribution in [2.45, 2.75) is 77.2 Å². The third kappa shape index (κ3) is 6.32. The molecule has 1 aromatic carbocycles. The lowest BCUT2D eigenvalue weighted by molar-refractivity contribution is -0.152. The van der Waals surface area contributed by atoms with Crippen molar-refractivity contribution < 1.29 is 33.3 Å². The van der Waals surface area contributed by atoms with E-state index in [0.717, 1.165) is 19.3 Å². The average molecular weight is 565 g/mol. The van der Waals surface area contributed by atoms with Gasteiger partial charge in [-0.1, -0.05) is 26.7 Å². The van der Waals surface area contributed by atoms with Gasteiger partial charge in [-0.05, 0) is 48.6 Å². The quantitative estimate of drug-likeness (QED) is 0.432. The van der Waals surface area contributed by atoms with Crippen LogP contribution in [0.4, 0.5) is 4.79 Å². The first-order valence-corrected chi connectivity index (χ1v) is 13.9. The largest absolute Gasteiger partial charge is 0.497 e. The molecule has 2 fully saturated rings. The molecule has 2 bridgehead atoms. The Kier molecular flexibility index (Phi) is 7.93. The maximum atomic E-state index is 13.9. The van der Waals surface area contributed by atoms with Gasteiger partial charge in [0.05, 0.1) is 31.8 Å². The lowest BCUT2D eigenvalue weighted by atomic mass is 9.85. The number of alkyl carbamates (subject to hydrolysis) is 1. The summed E-state index contributed by atoms with van der Waals surface area (Å²) in [6.07, 6.45) is 1.89. The van der Waals surface area contributed by atoms with Crippen LogP contribution in [0.15, 0.2) is 18.2 Å². The number of nitrogens with one attached hydrogen (secondary N) is 1. The predicted octanol–water partition coefficient (Wildman–Crippen LogP) is 3.22. The number of methoxy groups -OCH3 is 2. The molecular weight excluding hydrogens is 528 g/mol. The number of hydrogen-bond acceptors (Lipinski definition) is 9. The molecule has 3 aliphatic rings. The SMILES string of the molecule is COC(=O)[C@@H]1C[C@@H]2CN1C(=O)[C@H](C(C)(C)C)NC(=O)O[C@@H]1CC1CCCC#Cc1nc3ccc(OC)cc3nc1O2. The zero-order valence-corrected chi connectivity index (χ0v) is 24.1. The van der Waals surface area contributed by atoms with Gasteiger partial charge in [0, 0.05) is 18.9 Å². The minimum Gasteiger partial charge on any atom is -0.497 e. The Labute approximate surface area is 239 Å². The van der Waals surface area contributed by atoms with Crippen molar-refractivity contribution in [3.63, 3.8) is 0 Å². The zero-order chi connectivity index (χ0) is 29.3. The van der Waals surface area contributed by atoms with Crippen molar-refractivity contribution in [3.8, 4) is 23.5 Å². The van der Waals surface area contributed by atoms with Gasteiger partial charge in [-0.25, -0.2) is 19.6 Å². The predicted molar refractivity (Wildman–Crippen MR) is 148 cm³/mol. The molecule has 1 unspecified atom stereocenters. The lowest BCUT2D eigenvalue weighted by Crippen LogP contribution is -2.57. The summed E-state index contributed by atoms with van der Waals surface area (Å²) in [7, 11) is 2.85. The van der Waals surface area contributed by atoms with Gasteiger partial charge in [0.2, 0.25) is 11.8 Å². The van der Waals surface area contributed by atoms with Gasteiger partial charge in [-0.2, -0.15) is 0 Å². The highest BCUT2D eigenvalue weighted by atomic mass is 16.6. The molecule has 1 saturated heterocycles. The molecule has 0 radical (unpaired) electrons. The van der Waals surface area contributed by atoms with Crippen molar-refractivity contribution >= 4 is 29.0 Å². The number of carbonyl (C=O) groups is 3. The summed E-state index contributed by atoms with van der Waals surface area (Å²) in [5, 5.41) is 2.77. The average Bonchev–Trinajstić information content (AvgIpc) is 3.53. The second-order valence-electron chi connectivity index (χ2n) is 11.8. The van der Waals surface area contributed by atoms with Crippen LogP contribution in [0.2, 0.25) is 0 Å². The Balaban J connectivity index is 1.52. The third-order valence-electron chi connectivity index (χ3n) is 7.71. The minimum atomic E-state index is -0.939. The Bertz CT molecular complexity index is 1410. The lowest BCUT2D eigenvalue weighted by Gasteiger charge is -2.34. The number of ether oxygens (including phenoxy) is 4. The minimum absolute atomic E-state index is 0.0807. The molecule has 0 spiro atoms. The molecule has 2 aromatic rings. The fourth-order valence-electron chi connectivity index (χ4n) is 5.32. The van der Waals surface area contributed by atoms with Crippen molar-refractivity contribution in [3.05, 3.63) is 23.9 Å². The zero-order valence-electron chi connectivity index (χ0n) is 24.1. The molecule has 2 amide bonds. The maximum absolute atomic E-state index is 13.9. The van der Waals surface area contributed by atoms with E-state index < -0.39 is 41.6 Å². The fraction of sp³-hybridized carbons (Fsp3) is 0.567. The molecule has 1 aliphatic carbocycles. The monoisotopic (exact) mass is 564 g/mol. The van der Waals surface area contributed by atoms with Crippen LogP contribution in [0.5, 0.6) is 11.6 Å². The number of fused-ring (bicyclic) bond motifs is 5. The van der Waals surface area contributed by atoms with Gasteiger partial charge in [0.1, 0.15) is 30.0 Å². The number of nitrogens with zero attached hydrogens (tertiary/aromatic N) is 3. The molecule has 1 N–H and O–H groups in total. The molecular formula is C30H36N4O7. The second kappa shape index (κ2) is 11.4. The molecule has 11 heteroatoms. The van der Waals surface area contributed by atoms with Crippen molar-refractivity contribution in [2.24, 2.45) is 11.3 Å². The number of hydrogen-bond donors (Lipinski definition) is 1. The van der Waals surface area contributed by atoms with E-state index in [1.165, 1.54) is 12.0 Å². The number of esters is 1. The molecule has 3 heterocycles. The van der Waals surface area contributed by atoms with Gasteiger partial charge in [-0.3, -0.25) is 4.79 Å². The summed E-state index contributed by atoms with van der Waals surface area (Å²) in [4.78, 5) is 50.4. The van der Waals surface area contributed by atoms with Crippen LogP contribution in [0.1, 0.15) is 58.6 Å². The summed E-state index contributed by atoms with van der Waals surface area (Å²) in [5.74, 6) is 6.41. The number of amides is 2. The third-order valence-corrected chi connectivity index (χ3v) is 7.71. The topological polar surface area (TPSA) is 129 Å². The van der Waals surface area contributed by atoms with Crippen LogP contribution in [0, 0.1) is 23.2 Å². The molecule has 1 aromatic heterocycles. The first kappa shape index (κ1) is 28.5. The molecule has 5 rings (SSSR count). The van der Waals surface area contributed by atoms with Gasteiger partial charge in [0.25, 0.3) is 0 Å². The molecule has 5 atom stereocenters. The molecule has 41 heavy (non-hydrogen) atoms. The smallest absolute Gasteiger partial charge is 0.408 e. The van der Waals surface area contributed by atoms with Crippen LogP contribution >= 0.6 is 0 Å². The van der Waals surface area contributed by atoms with Crippen LogP contribution < -0.4 is 14.8 Å². The van der Waals surface area contributed by atoms with Crippen LogP contribution in [0.25, 0.3) is 11.0 Å². The van der Waals surface area contributed by atoms with Gasteiger partial charge < -0.3 is 29.2 Å². The van der Waals surface area contributed by atoms with E-state index >= 15 is 0 Å². The summed E-state index contributed by atoms with van der Waals surface area (Å²) in [5.41, 5.74) is 0.931. The molecule has 2 aliphatic heterocycles. The van der Waals surface area contributed by atoms with Crippen LogP contribution in [-0.4, -0.2) is 77.9 Å². The van der Waals surface area contributed by atoms with E-state index in [0.29, 0.717) is 28.9 Å². The van der Waals surface area contributed by atoms with E-state index in [2.05, 4.69) is 17.2 Å². The first-order valence-electron chi connectivity index (χ1n) is 13.9. The van der Waals surface area contributed by atoms with Crippen molar-refractivity contribution in [2.75, 3.05) is 20.8 Å².